The molecular weight excluding hydrogens is 312 g/mol. The van der Waals surface area contributed by atoms with E-state index in [4.69, 9.17) is 4.42 Å². The molecule has 0 spiro atoms. The summed E-state index contributed by atoms with van der Waals surface area (Å²) in [4.78, 5) is 17.5. The fourth-order valence-electron chi connectivity index (χ4n) is 6.18. The third kappa shape index (κ3) is 2.64. The lowest BCUT2D eigenvalue weighted by molar-refractivity contribution is 0.0736. The standard InChI is InChI=1S/C21H30N2O2/c1-14(22-9-3-2-4-10-22)19-7-8-20(25-19)21(24)23-12-17-15-5-6-16(11-15)18(17)13-23/h7-8,14-18H,2-6,9-13H2,1H3/t14?,15-,16+,17-,18+. The van der Waals surface area contributed by atoms with Crippen molar-refractivity contribution in [3.8, 4) is 0 Å². The average Bonchev–Trinajstić information content (AvgIpc) is 3.42. The number of piperidine rings is 1. The molecule has 4 nitrogen and oxygen atoms in total. The third-order valence-electron chi connectivity index (χ3n) is 7.61. The second kappa shape index (κ2) is 6.15. The van der Waals surface area contributed by atoms with Gasteiger partial charge in [0.2, 0.25) is 0 Å². The van der Waals surface area contributed by atoms with Crippen LogP contribution < -0.4 is 0 Å². The van der Waals surface area contributed by atoms with Crippen LogP contribution in [0.5, 0.6) is 0 Å². The molecule has 4 heteroatoms. The molecule has 1 aromatic heterocycles. The number of hydrogen-bond acceptors (Lipinski definition) is 3. The summed E-state index contributed by atoms with van der Waals surface area (Å²) in [6.45, 7) is 6.41. The summed E-state index contributed by atoms with van der Waals surface area (Å²) >= 11 is 0. The normalized spacial score (nSPS) is 36.0. The van der Waals surface area contributed by atoms with Crippen molar-refractivity contribution in [2.75, 3.05) is 26.2 Å². The van der Waals surface area contributed by atoms with E-state index in [1.165, 1.54) is 38.5 Å². The minimum atomic E-state index is 0.117. The van der Waals surface area contributed by atoms with Gasteiger partial charge in [-0.15, -0.1) is 0 Å². The van der Waals surface area contributed by atoms with E-state index in [0.29, 0.717) is 5.76 Å². The predicted octanol–water partition coefficient (Wildman–Crippen LogP) is 3.94. The van der Waals surface area contributed by atoms with Crippen molar-refractivity contribution >= 4 is 5.91 Å². The van der Waals surface area contributed by atoms with Crippen LogP contribution in [0, 0.1) is 23.7 Å². The number of amides is 1. The lowest BCUT2D eigenvalue weighted by Crippen LogP contribution is -2.32. The Labute approximate surface area is 150 Å². The lowest BCUT2D eigenvalue weighted by Gasteiger charge is -2.31. The van der Waals surface area contributed by atoms with Crippen molar-refractivity contribution in [3.05, 3.63) is 23.7 Å². The van der Waals surface area contributed by atoms with Crippen molar-refractivity contribution < 1.29 is 9.21 Å². The fourth-order valence-corrected chi connectivity index (χ4v) is 6.18. The first-order valence-electron chi connectivity index (χ1n) is 10.3. The minimum Gasteiger partial charge on any atom is -0.454 e. The monoisotopic (exact) mass is 342 g/mol. The first-order valence-corrected chi connectivity index (χ1v) is 10.3. The summed E-state index contributed by atoms with van der Waals surface area (Å²) in [7, 11) is 0. The van der Waals surface area contributed by atoms with Crippen LogP contribution in [0.3, 0.4) is 0 Å². The summed E-state index contributed by atoms with van der Waals surface area (Å²) in [6, 6.07) is 4.20. The highest BCUT2D eigenvalue weighted by molar-refractivity contribution is 5.91. The number of furan rings is 1. The Kier molecular flexibility index (Phi) is 3.92. The van der Waals surface area contributed by atoms with Crippen molar-refractivity contribution in [2.24, 2.45) is 23.7 Å². The van der Waals surface area contributed by atoms with Crippen LogP contribution in [0.2, 0.25) is 0 Å². The molecule has 2 aliphatic heterocycles. The molecule has 2 saturated carbocycles. The van der Waals surface area contributed by atoms with E-state index in [0.717, 1.165) is 55.6 Å². The SMILES string of the molecule is CC(c1ccc(C(=O)N2C[C@@H]3[C@@H]4CC[C@@H](C4)[C@@H]3C2)o1)N1CCCCC1. The van der Waals surface area contributed by atoms with E-state index in [1.54, 1.807) is 0 Å². The van der Waals surface area contributed by atoms with Crippen LogP contribution in [-0.2, 0) is 0 Å². The van der Waals surface area contributed by atoms with Crippen LogP contribution >= 0.6 is 0 Å². The Morgan fingerprint density at radius 2 is 1.76 bits per heavy atom. The van der Waals surface area contributed by atoms with Crippen LogP contribution in [0.15, 0.2) is 16.5 Å². The molecule has 25 heavy (non-hydrogen) atoms. The maximum absolute atomic E-state index is 12.9. The van der Waals surface area contributed by atoms with Crippen LogP contribution in [0.4, 0.5) is 0 Å². The largest absolute Gasteiger partial charge is 0.454 e. The zero-order chi connectivity index (χ0) is 17.0. The Hall–Kier alpha value is -1.29. The van der Waals surface area contributed by atoms with Crippen molar-refractivity contribution in [1.82, 2.24) is 9.80 Å². The Bertz CT molecular complexity index is 630. The zero-order valence-electron chi connectivity index (χ0n) is 15.3. The van der Waals surface area contributed by atoms with Gasteiger partial charge in [0.1, 0.15) is 5.76 Å². The van der Waals surface area contributed by atoms with E-state index in [1.807, 2.05) is 12.1 Å². The van der Waals surface area contributed by atoms with E-state index >= 15 is 0 Å². The van der Waals surface area contributed by atoms with Gasteiger partial charge in [0.15, 0.2) is 5.76 Å². The van der Waals surface area contributed by atoms with Gasteiger partial charge in [-0.3, -0.25) is 9.69 Å². The van der Waals surface area contributed by atoms with Gasteiger partial charge in [-0.05, 0) is 87.9 Å². The molecule has 3 heterocycles. The van der Waals surface area contributed by atoms with Crippen molar-refractivity contribution in [1.29, 1.82) is 0 Å². The average molecular weight is 342 g/mol. The molecule has 0 radical (unpaired) electrons. The summed E-state index contributed by atoms with van der Waals surface area (Å²) in [5, 5.41) is 0. The van der Waals surface area contributed by atoms with E-state index in [2.05, 4.69) is 16.7 Å². The maximum Gasteiger partial charge on any atom is 0.289 e. The lowest BCUT2D eigenvalue weighted by atomic mass is 9.82. The number of hydrogen-bond donors (Lipinski definition) is 0. The van der Waals surface area contributed by atoms with Crippen molar-refractivity contribution in [2.45, 2.75) is 51.5 Å². The topological polar surface area (TPSA) is 36.7 Å². The maximum atomic E-state index is 12.9. The van der Waals surface area contributed by atoms with Crippen LogP contribution in [0.25, 0.3) is 0 Å². The molecule has 4 fully saturated rings. The highest BCUT2D eigenvalue weighted by Gasteiger charge is 2.52. The summed E-state index contributed by atoms with van der Waals surface area (Å²) in [5.74, 6) is 4.92. The first-order chi connectivity index (χ1) is 12.2. The van der Waals surface area contributed by atoms with Gasteiger partial charge in [-0.1, -0.05) is 6.42 Å². The molecule has 136 valence electrons. The summed E-state index contributed by atoms with van der Waals surface area (Å²) in [5.41, 5.74) is 0. The summed E-state index contributed by atoms with van der Waals surface area (Å²) in [6.07, 6.45) is 8.10. The van der Waals surface area contributed by atoms with Gasteiger partial charge in [0.05, 0.1) is 6.04 Å². The van der Waals surface area contributed by atoms with Crippen LogP contribution in [0.1, 0.15) is 67.8 Å². The molecule has 2 saturated heterocycles. The van der Waals surface area contributed by atoms with Gasteiger partial charge in [-0.2, -0.15) is 0 Å². The number of likely N-dealkylation sites (tertiary alicyclic amines) is 2. The predicted molar refractivity (Wildman–Crippen MR) is 96.3 cm³/mol. The van der Waals surface area contributed by atoms with Crippen LogP contribution in [-0.4, -0.2) is 41.9 Å². The molecule has 0 aromatic carbocycles. The van der Waals surface area contributed by atoms with Gasteiger partial charge >= 0.3 is 0 Å². The molecule has 5 atom stereocenters. The first kappa shape index (κ1) is 15.9. The number of carbonyl (C=O) groups is 1. The molecule has 1 aromatic rings. The molecule has 1 amide bonds. The fraction of sp³-hybridized carbons (Fsp3) is 0.762. The highest BCUT2D eigenvalue weighted by Crippen LogP contribution is 2.55. The van der Waals surface area contributed by atoms with E-state index in [9.17, 15) is 4.79 Å². The van der Waals surface area contributed by atoms with Crippen molar-refractivity contribution in [3.63, 3.8) is 0 Å². The molecule has 1 unspecified atom stereocenters. The van der Waals surface area contributed by atoms with E-state index in [-0.39, 0.29) is 11.9 Å². The number of fused-ring (bicyclic) bond motifs is 5. The number of rotatable bonds is 3. The number of nitrogens with zero attached hydrogens (tertiary/aromatic N) is 2. The Morgan fingerprint density at radius 3 is 2.44 bits per heavy atom. The second-order valence-corrected chi connectivity index (χ2v) is 8.85. The molecular formula is C21H30N2O2. The highest BCUT2D eigenvalue weighted by atomic mass is 16.4. The van der Waals surface area contributed by atoms with Gasteiger partial charge in [0.25, 0.3) is 5.91 Å². The summed E-state index contributed by atoms with van der Waals surface area (Å²) < 4.78 is 6.03. The molecule has 2 aliphatic carbocycles. The quantitative estimate of drug-likeness (QED) is 0.835. The molecule has 2 bridgehead atoms. The Morgan fingerprint density at radius 1 is 1.08 bits per heavy atom. The molecule has 5 rings (SSSR count). The molecule has 4 aliphatic rings. The zero-order valence-corrected chi connectivity index (χ0v) is 15.3. The molecule has 0 N–H and O–H groups in total. The second-order valence-electron chi connectivity index (χ2n) is 8.85. The Balaban J connectivity index is 1.26. The van der Waals surface area contributed by atoms with Gasteiger partial charge in [0, 0.05) is 13.1 Å². The third-order valence-corrected chi connectivity index (χ3v) is 7.61. The van der Waals surface area contributed by atoms with E-state index < -0.39 is 0 Å². The smallest absolute Gasteiger partial charge is 0.289 e. The van der Waals surface area contributed by atoms with Gasteiger partial charge in [-0.25, -0.2) is 0 Å². The van der Waals surface area contributed by atoms with Gasteiger partial charge < -0.3 is 9.32 Å². The minimum absolute atomic E-state index is 0.117. The number of carbonyl (C=O) groups excluding carboxylic acids is 1.